The molecule has 1 aromatic heterocycles. The van der Waals surface area contributed by atoms with Crippen LogP contribution in [0.2, 0.25) is 0 Å². The van der Waals surface area contributed by atoms with Gasteiger partial charge in [0.2, 0.25) is 15.9 Å². The standard InChI is InChI=1S/C23H26N2O5S/c1-15-4-9-22-21(10-15)18(14-29-22)11-23(26)24-19-5-7-20(8-6-19)31(27,28)25-12-16(2)30-17(3)13-25/h4-10,14,16-17H,11-13H2,1-3H3,(H,24,26)/t16-,17-/m0/s1. The maximum absolute atomic E-state index is 12.9. The molecule has 31 heavy (non-hydrogen) atoms. The van der Waals surface area contributed by atoms with Gasteiger partial charge in [-0.15, -0.1) is 0 Å². The first-order valence-corrected chi connectivity index (χ1v) is 11.7. The van der Waals surface area contributed by atoms with E-state index in [4.69, 9.17) is 9.15 Å². The van der Waals surface area contributed by atoms with Crippen LogP contribution in [-0.4, -0.2) is 43.9 Å². The van der Waals surface area contributed by atoms with Crippen molar-refractivity contribution in [3.05, 3.63) is 59.9 Å². The molecule has 2 aromatic carbocycles. The predicted molar refractivity (Wildman–Crippen MR) is 118 cm³/mol. The number of fused-ring (bicyclic) bond motifs is 1. The molecule has 1 N–H and O–H groups in total. The first-order chi connectivity index (χ1) is 14.7. The van der Waals surface area contributed by atoms with Gasteiger partial charge in [-0.05, 0) is 57.2 Å². The van der Waals surface area contributed by atoms with E-state index in [9.17, 15) is 13.2 Å². The van der Waals surface area contributed by atoms with Crippen LogP contribution >= 0.6 is 0 Å². The lowest BCUT2D eigenvalue weighted by Crippen LogP contribution is -2.48. The summed E-state index contributed by atoms with van der Waals surface area (Å²) in [6, 6.07) is 12.1. The molecule has 0 bridgehead atoms. The molecule has 0 aliphatic carbocycles. The maximum Gasteiger partial charge on any atom is 0.243 e. The minimum Gasteiger partial charge on any atom is -0.464 e. The van der Waals surface area contributed by atoms with Crippen molar-refractivity contribution in [1.82, 2.24) is 4.31 Å². The van der Waals surface area contributed by atoms with Crippen LogP contribution in [0, 0.1) is 6.92 Å². The third-order valence-electron chi connectivity index (χ3n) is 5.32. The highest BCUT2D eigenvalue weighted by atomic mass is 32.2. The third kappa shape index (κ3) is 4.66. The summed E-state index contributed by atoms with van der Waals surface area (Å²) in [6.07, 6.45) is 1.46. The number of rotatable bonds is 5. The largest absolute Gasteiger partial charge is 0.464 e. The van der Waals surface area contributed by atoms with E-state index < -0.39 is 10.0 Å². The molecule has 1 aliphatic rings. The van der Waals surface area contributed by atoms with Crippen molar-refractivity contribution >= 4 is 32.6 Å². The Morgan fingerprint density at radius 1 is 1.10 bits per heavy atom. The van der Waals surface area contributed by atoms with Crippen LogP contribution in [0.3, 0.4) is 0 Å². The van der Waals surface area contributed by atoms with Crippen LogP contribution in [0.25, 0.3) is 11.0 Å². The molecule has 7 nitrogen and oxygen atoms in total. The average molecular weight is 443 g/mol. The van der Waals surface area contributed by atoms with Gasteiger partial charge in [0, 0.05) is 29.7 Å². The second-order valence-electron chi connectivity index (χ2n) is 8.09. The van der Waals surface area contributed by atoms with Gasteiger partial charge >= 0.3 is 0 Å². The Hall–Kier alpha value is -2.68. The summed E-state index contributed by atoms with van der Waals surface area (Å²) >= 11 is 0. The lowest BCUT2D eigenvalue weighted by molar-refractivity contribution is -0.115. The highest BCUT2D eigenvalue weighted by molar-refractivity contribution is 7.89. The molecule has 1 amide bonds. The topological polar surface area (TPSA) is 88.8 Å². The number of anilines is 1. The molecular formula is C23H26N2O5S. The van der Waals surface area contributed by atoms with Crippen LogP contribution in [0.1, 0.15) is 25.0 Å². The van der Waals surface area contributed by atoms with Gasteiger partial charge in [-0.25, -0.2) is 8.42 Å². The molecule has 1 saturated heterocycles. The first-order valence-electron chi connectivity index (χ1n) is 10.2. The Kier molecular flexibility index (Phi) is 5.88. The van der Waals surface area contributed by atoms with Crippen LogP contribution in [-0.2, 0) is 26.0 Å². The first kappa shape index (κ1) is 21.5. The van der Waals surface area contributed by atoms with Crippen LogP contribution in [0.5, 0.6) is 0 Å². The average Bonchev–Trinajstić information content (AvgIpc) is 3.09. The third-order valence-corrected chi connectivity index (χ3v) is 7.17. The summed E-state index contributed by atoms with van der Waals surface area (Å²) in [5.41, 5.74) is 3.19. The number of nitrogens with zero attached hydrogens (tertiary/aromatic N) is 1. The van der Waals surface area contributed by atoms with Crippen LogP contribution in [0.15, 0.2) is 58.0 Å². The molecule has 8 heteroatoms. The zero-order valence-corrected chi connectivity index (χ0v) is 18.6. The Morgan fingerprint density at radius 3 is 2.45 bits per heavy atom. The Morgan fingerprint density at radius 2 is 1.77 bits per heavy atom. The molecule has 2 heterocycles. The van der Waals surface area contributed by atoms with E-state index in [-0.39, 0.29) is 29.4 Å². The predicted octanol–water partition coefficient (Wildman–Crippen LogP) is 3.72. The van der Waals surface area contributed by atoms with E-state index >= 15 is 0 Å². The lowest BCUT2D eigenvalue weighted by Gasteiger charge is -2.34. The van der Waals surface area contributed by atoms with Crippen molar-refractivity contribution in [3.63, 3.8) is 0 Å². The number of aryl methyl sites for hydroxylation is 1. The fourth-order valence-electron chi connectivity index (χ4n) is 3.90. The molecule has 164 valence electrons. The molecule has 0 unspecified atom stereocenters. The summed E-state index contributed by atoms with van der Waals surface area (Å²) in [7, 11) is -3.61. The van der Waals surface area contributed by atoms with Gasteiger partial charge in [0.1, 0.15) is 5.58 Å². The Bertz CT molecular complexity index is 1190. The normalized spacial score (nSPS) is 20.1. The smallest absolute Gasteiger partial charge is 0.243 e. The van der Waals surface area contributed by atoms with E-state index in [2.05, 4.69) is 5.32 Å². The van der Waals surface area contributed by atoms with Crippen LogP contribution < -0.4 is 5.32 Å². The number of sulfonamides is 1. The fraction of sp³-hybridized carbons (Fsp3) is 0.348. The van der Waals surface area contributed by atoms with E-state index in [1.54, 1.807) is 18.4 Å². The monoisotopic (exact) mass is 442 g/mol. The summed E-state index contributed by atoms with van der Waals surface area (Å²) in [5.74, 6) is -0.198. The van der Waals surface area contributed by atoms with E-state index in [1.165, 1.54) is 16.4 Å². The number of carbonyl (C=O) groups is 1. The quantitative estimate of drug-likeness (QED) is 0.651. The van der Waals surface area contributed by atoms with Crippen molar-refractivity contribution in [2.75, 3.05) is 18.4 Å². The molecule has 0 radical (unpaired) electrons. The van der Waals surface area contributed by atoms with Crippen molar-refractivity contribution in [2.24, 2.45) is 0 Å². The molecular weight excluding hydrogens is 416 g/mol. The zero-order chi connectivity index (χ0) is 22.2. The summed E-state index contributed by atoms with van der Waals surface area (Å²) in [4.78, 5) is 12.7. The number of furan rings is 1. The lowest BCUT2D eigenvalue weighted by atomic mass is 10.1. The van der Waals surface area contributed by atoms with E-state index in [0.29, 0.717) is 18.8 Å². The maximum atomic E-state index is 12.9. The fourth-order valence-corrected chi connectivity index (χ4v) is 5.49. The van der Waals surface area contributed by atoms with Gasteiger partial charge in [0.25, 0.3) is 0 Å². The van der Waals surface area contributed by atoms with Gasteiger partial charge in [-0.2, -0.15) is 4.31 Å². The number of amides is 1. The van der Waals surface area contributed by atoms with Crippen LogP contribution in [0.4, 0.5) is 5.69 Å². The van der Waals surface area contributed by atoms with Crippen molar-refractivity contribution in [3.8, 4) is 0 Å². The molecule has 3 aromatic rings. The van der Waals surface area contributed by atoms with Gasteiger partial charge in [-0.1, -0.05) is 11.6 Å². The zero-order valence-electron chi connectivity index (χ0n) is 17.8. The van der Waals surface area contributed by atoms with E-state index in [0.717, 1.165) is 22.1 Å². The molecule has 1 fully saturated rings. The SMILES string of the molecule is Cc1ccc2occ(CC(=O)Nc3ccc(S(=O)(=O)N4C[C@H](C)O[C@@H](C)C4)cc3)c2c1. The van der Waals surface area contributed by atoms with Gasteiger partial charge in [0.05, 0.1) is 29.8 Å². The van der Waals surface area contributed by atoms with Gasteiger partial charge in [-0.3, -0.25) is 4.79 Å². The number of hydrogen-bond acceptors (Lipinski definition) is 5. The molecule has 4 rings (SSSR count). The summed E-state index contributed by atoms with van der Waals surface area (Å²) < 4.78 is 38.5. The minimum absolute atomic E-state index is 0.153. The molecule has 0 spiro atoms. The highest BCUT2D eigenvalue weighted by Crippen LogP contribution is 2.24. The number of hydrogen-bond donors (Lipinski definition) is 1. The number of nitrogens with one attached hydrogen (secondary N) is 1. The Balaban J connectivity index is 1.44. The molecule has 0 saturated carbocycles. The summed E-state index contributed by atoms with van der Waals surface area (Å²) in [6.45, 7) is 6.36. The second kappa shape index (κ2) is 8.45. The number of morpholine rings is 1. The van der Waals surface area contributed by atoms with Gasteiger partial charge < -0.3 is 14.5 Å². The van der Waals surface area contributed by atoms with E-state index in [1.807, 2.05) is 39.0 Å². The molecule has 2 atom stereocenters. The second-order valence-corrected chi connectivity index (χ2v) is 10.0. The minimum atomic E-state index is -3.61. The highest BCUT2D eigenvalue weighted by Gasteiger charge is 2.32. The van der Waals surface area contributed by atoms with Crippen molar-refractivity contribution < 1.29 is 22.4 Å². The Labute approximate surface area is 182 Å². The number of benzene rings is 2. The molecule has 1 aliphatic heterocycles. The number of carbonyl (C=O) groups excluding carboxylic acids is 1. The number of ether oxygens (including phenoxy) is 1. The van der Waals surface area contributed by atoms with Gasteiger partial charge in [0.15, 0.2) is 0 Å². The van der Waals surface area contributed by atoms with Crippen molar-refractivity contribution in [2.45, 2.75) is 44.3 Å². The van der Waals surface area contributed by atoms with Crippen molar-refractivity contribution in [1.29, 1.82) is 0 Å². The summed E-state index contributed by atoms with van der Waals surface area (Å²) in [5, 5.41) is 3.74.